The van der Waals surface area contributed by atoms with Crippen molar-refractivity contribution in [2.75, 3.05) is 12.4 Å². The number of hydrogen-bond acceptors (Lipinski definition) is 5. The van der Waals surface area contributed by atoms with Crippen molar-refractivity contribution in [3.8, 4) is 17.1 Å². The van der Waals surface area contributed by atoms with E-state index in [1.807, 2.05) is 54.9 Å². The third kappa shape index (κ3) is 2.89. The minimum absolute atomic E-state index is 0.786. The summed E-state index contributed by atoms with van der Waals surface area (Å²) in [5, 5.41) is 6.17. The highest BCUT2D eigenvalue weighted by atomic mass is 79.9. The van der Waals surface area contributed by atoms with Crippen LogP contribution in [0.5, 0.6) is 5.75 Å². The standard InChI is InChI=1S/C18H15BrN4OS/c1-11-16(23-9-5-6-12(19)17(23)20-11)14-10-25-18(22-14)21-13-7-3-4-8-15(13)24-2/h3-10H,1-2H3,(H,21,22). The molecule has 0 spiro atoms. The molecule has 3 heterocycles. The first-order valence-electron chi connectivity index (χ1n) is 7.66. The van der Waals surface area contributed by atoms with E-state index in [0.717, 1.165) is 43.8 Å². The molecule has 1 N–H and O–H groups in total. The van der Waals surface area contributed by atoms with Crippen LogP contribution >= 0.6 is 27.3 Å². The highest BCUT2D eigenvalue weighted by Crippen LogP contribution is 2.33. The van der Waals surface area contributed by atoms with Gasteiger partial charge in [-0.1, -0.05) is 12.1 Å². The molecular formula is C18H15BrN4OS. The van der Waals surface area contributed by atoms with E-state index in [2.05, 4.69) is 30.6 Å². The molecule has 0 unspecified atom stereocenters. The molecule has 4 rings (SSSR count). The van der Waals surface area contributed by atoms with Crippen LogP contribution in [0.1, 0.15) is 5.69 Å². The van der Waals surface area contributed by atoms with E-state index in [9.17, 15) is 0 Å². The summed E-state index contributed by atoms with van der Waals surface area (Å²) in [4.78, 5) is 9.39. The van der Waals surface area contributed by atoms with Gasteiger partial charge < -0.3 is 10.1 Å². The Morgan fingerprint density at radius 3 is 2.84 bits per heavy atom. The maximum Gasteiger partial charge on any atom is 0.187 e. The fourth-order valence-electron chi connectivity index (χ4n) is 2.76. The number of para-hydroxylation sites is 2. The van der Waals surface area contributed by atoms with E-state index < -0.39 is 0 Å². The Bertz CT molecular complexity index is 1060. The number of imidazole rings is 1. The molecule has 0 radical (unpaired) electrons. The molecule has 7 heteroatoms. The number of methoxy groups -OCH3 is 1. The van der Waals surface area contributed by atoms with Crippen LogP contribution in [0, 0.1) is 6.92 Å². The molecule has 0 amide bonds. The number of aromatic nitrogens is 3. The summed E-state index contributed by atoms with van der Waals surface area (Å²) in [6.07, 6.45) is 2.00. The summed E-state index contributed by atoms with van der Waals surface area (Å²) in [7, 11) is 1.66. The predicted molar refractivity (Wildman–Crippen MR) is 105 cm³/mol. The topological polar surface area (TPSA) is 51.5 Å². The lowest BCUT2D eigenvalue weighted by Crippen LogP contribution is -1.94. The molecule has 3 aromatic heterocycles. The number of anilines is 2. The van der Waals surface area contributed by atoms with Crippen molar-refractivity contribution >= 4 is 43.7 Å². The number of nitrogens with zero attached hydrogens (tertiary/aromatic N) is 3. The van der Waals surface area contributed by atoms with Crippen molar-refractivity contribution in [3.05, 3.63) is 58.1 Å². The summed E-state index contributed by atoms with van der Waals surface area (Å²) in [5.41, 5.74) is 4.62. The average Bonchev–Trinajstić information content (AvgIpc) is 3.19. The van der Waals surface area contributed by atoms with Gasteiger partial charge in [0.25, 0.3) is 0 Å². The molecule has 0 aliphatic rings. The smallest absolute Gasteiger partial charge is 0.187 e. The van der Waals surface area contributed by atoms with Gasteiger partial charge in [0, 0.05) is 11.6 Å². The maximum atomic E-state index is 5.38. The van der Waals surface area contributed by atoms with Crippen LogP contribution in [-0.4, -0.2) is 21.5 Å². The number of benzene rings is 1. The van der Waals surface area contributed by atoms with Gasteiger partial charge in [-0.05, 0) is 47.1 Å². The number of fused-ring (bicyclic) bond motifs is 1. The van der Waals surface area contributed by atoms with Gasteiger partial charge in [-0.3, -0.25) is 4.40 Å². The number of ether oxygens (including phenoxy) is 1. The lowest BCUT2D eigenvalue weighted by atomic mass is 10.3. The number of nitrogens with one attached hydrogen (secondary N) is 1. The minimum Gasteiger partial charge on any atom is -0.495 e. The fraction of sp³-hybridized carbons (Fsp3) is 0.111. The molecule has 0 saturated carbocycles. The Kier molecular flexibility index (Phi) is 4.19. The number of rotatable bonds is 4. The number of hydrogen-bond donors (Lipinski definition) is 1. The van der Waals surface area contributed by atoms with Gasteiger partial charge >= 0.3 is 0 Å². The summed E-state index contributed by atoms with van der Waals surface area (Å²) in [5.74, 6) is 0.786. The molecule has 0 aliphatic heterocycles. The first-order valence-corrected chi connectivity index (χ1v) is 9.34. The largest absolute Gasteiger partial charge is 0.495 e. The normalized spacial score (nSPS) is 11.0. The summed E-state index contributed by atoms with van der Waals surface area (Å²) < 4.78 is 8.40. The summed E-state index contributed by atoms with van der Waals surface area (Å²) in [6.45, 7) is 2.00. The molecule has 0 fully saturated rings. The molecule has 5 nitrogen and oxygen atoms in total. The molecule has 0 saturated heterocycles. The quantitative estimate of drug-likeness (QED) is 0.493. The van der Waals surface area contributed by atoms with E-state index in [4.69, 9.17) is 9.72 Å². The highest BCUT2D eigenvalue weighted by Gasteiger charge is 2.16. The van der Waals surface area contributed by atoms with Gasteiger partial charge in [-0.25, -0.2) is 9.97 Å². The second kappa shape index (κ2) is 6.50. The van der Waals surface area contributed by atoms with Crippen LogP contribution in [0.25, 0.3) is 17.0 Å². The Hall–Kier alpha value is -2.38. The van der Waals surface area contributed by atoms with Crippen molar-refractivity contribution in [1.82, 2.24) is 14.4 Å². The van der Waals surface area contributed by atoms with Gasteiger partial charge in [0.15, 0.2) is 10.8 Å². The SMILES string of the molecule is COc1ccccc1Nc1nc(-c2c(C)nc3c(Br)cccn23)cs1. The fourth-order valence-corrected chi connectivity index (χ4v) is 3.90. The number of pyridine rings is 1. The van der Waals surface area contributed by atoms with E-state index in [1.54, 1.807) is 18.4 Å². The summed E-state index contributed by atoms with van der Waals surface area (Å²) in [6, 6.07) is 11.8. The zero-order valence-corrected chi connectivity index (χ0v) is 16.1. The van der Waals surface area contributed by atoms with Crippen LogP contribution in [0.3, 0.4) is 0 Å². The second-order valence-corrected chi connectivity index (χ2v) is 7.17. The van der Waals surface area contributed by atoms with Crippen molar-refractivity contribution in [3.63, 3.8) is 0 Å². The van der Waals surface area contributed by atoms with Crippen molar-refractivity contribution < 1.29 is 4.74 Å². The van der Waals surface area contributed by atoms with Crippen LogP contribution in [-0.2, 0) is 0 Å². The van der Waals surface area contributed by atoms with Crippen LogP contribution in [0.15, 0.2) is 52.4 Å². The van der Waals surface area contributed by atoms with Gasteiger partial charge in [-0.15, -0.1) is 11.3 Å². The Labute approximate surface area is 157 Å². The van der Waals surface area contributed by atoms with Gasteiger partial charge in [0.05, 0.1) is 28.7 Å². The molecular weight excluding hydrogens is 400 g/mol. The Morgan fingerprint density at radius 1 is 1.16 bits per heavy atom. The number of aryl methyl sites for hydroxylation is 1. The first kappa shape index (κ1) is 16.1. The van der Waals surface area contributed by atoms with E-state index >= 15 is 0 Å². The lowest BCUT2D eigenvalue weighted by Gasteiger charge is -2.08. The zero-order valence-electron chi connectivity index (χ0n) is 13.7. The van der Waals surface area contributed by atoms with E-state index in [0.29, 0.717) is 0 Å². The van der Waals surface area contributed by atoms with Crippen LogP contribution < -0.4 is 10.1 Å². The Morgan fingerprint density at radius 2 is 2.00 bits per heavy atom. The first-order chi connectivity index (χ1) is 12.2. The monoisotopic (exact) mass is 414 g/mol. The zero-order chi connectivity index (χ0) is 17.4. The summed E-state index contributed by atoms with van der Waals surface area (Å²) >= 11 is 5.11. The molecule has 126 valence electrons. The minimum atomic E-state index is 0.786. The highest BCUT2D eigenvalue weighted by molar-refractivity contribution is 9.10. The van der Waals surface area contributed by atoms with E-state index in [1.165, 1.54) is 0 Å². The molecule has 1 aromatic carbocycles. The molecule has 25 heavy (non-hydrogen) atoms. The lowest BCUT2D eigenvalue weighted by molar-refractivity contribution is 0.417. The third-order valence-electron chi connectivity index (χ3n) is 3.87. The predicted octanol–water partition coefficient (Wildman–Crippen LogP) is 5.28. The number of halogens is 1. The van der Waals surface area contributed by atoms with Crippen molar-refractivity contribution in [1.29, 1.82) is 0 Å². The molecule has 0 aliphatic carbocycles. The second-order valence-electron chi connectivity index (χ2n) is 5.46. The van der Waals surface area contributed by atoms with Crippen LogP contribution in [0.4, 0.5) is 10.8 Å². The van der Waals surface area contributed by atoms with Crippen molar-refractivity contribution in [2.45, 2.75) is 6.92 Å². The van der Waals surface area contributed by atoms with E-state index in [-0.39, 0.29) is 0 Å². The average molecular weight is 415 g/mol. The van der Waals surface area contributed by atoms with Crippen molar-refractivity contribution in [2.24, 2.45) is 0 Å². The number of thiazole rings is 1. The molecule has 4 aromatic rings. The maximum absolute atomic E-state index is 5.38. The van der Waals surface area contributed by atoms with Gasteiger partial charge in [-0.2, -0.15) is 0 Å². The molecule has 0 atom stereocenters. The van der Waals surface area contributed by atoms with Gasteiger partial charge in [0.1, 0.15) is 11.4 Å². The Balaban J connectivity index is 1.73. The van der Waals surface area contributed by atoms with Crippen LogP contribution in [0.2, 0.25) is 0 Å². The van der Waals surface area contributed by atoms with Gasteiger partial charge in [0.2, 0.25) is 0 Å². The third-order valence-corrected chi connectivity index (χ3v) is 5.25. The molecule has 0 bridgehead atoms.